The van der Waals surface area contributed by atoms with E-state index in [0.29, 0.717) is 0 Å². The van der Waals surface area contributed by atoms with E-state index in [4.69, 9.17) is 0 Å². The zero-order chi connectivity index (χ0) is 8.93. The van der Waals surface area contributed by atoms with E-state index in [1.165, 1.54) is 37.7 Å². The smallest absolute Gasteiger partial charge is 0.00215 e. The minimum atomic E-state index is 0.887. The van der Waals surface area contributed by atoms with Crippen molar-refractivity contribution in [1.29, 1.82) is 0 Å². The summed E-state index contributed by atoms with van der Waals surface area (Å²) in [6.45, 7) is 2.60. The summed E-state index contributed by atoms with van der Waals surface area (Å²) in [5.74, 6) is 0. The van der Waals surface area contributed by atoms with Gasteiger partial charge in [-0.1, -0.05) is 36.8 Å². The van der Waals surface area contributed by atoms with E-state index < -0.39 is 0 Å². The van der Waals surface area contributed by atoms with Crippen LogP contribution in [-0.2, 0) is 0 Å². The Bertz CT molecular complexity index is 242. The van der Waals surface area contributed by atoms with Gasteiger partial charge in [0, 0.05) is 13.1 Å². The van der Waals surface area contributed by atoms with Gasteiger partial charge < -0.3 is 0 Å². The molecule has 1 aliphatic rings. The summed E-state index contributed by atoms with van der Waals surface area (Å²) in [4.78, 5) is 0. The second kappa shape index (κ2) is 4.74. The van der Waals surface area contributed by atoms with Gasteiger partial charge in [-0.25, -0.2) is 0 Å². The molecule has 1 nitrogen and oxygen atoms in total. The first-order valence-electron chi connectivity index (χ1n) is 5.02. The zero-order valence-electron chi connectivity index (χ0n) is 7.87. The Labute approximate surface area is 82.0 Å². The zero-order valence-corrected chi connectivity index (χ0v) is 8.87. The fourth-order valence-electron chi connectivity index (χ4n) is 1.70. The first-order valence-corrected chi connectivity index (χ1v) is 5.96. The first kappa shape index (κ1) is 9.18. The van der Waals surface area contributed by atoms with Crippen LogP contribution in [0, 0.1) is 0 Å². The highest BCUT2D eigenvalue weighted by molar-refractivity contribution is 7.44. The van der Waals surface area contributed by atoms with Crippen LogP contribution in [0.4, 0.5) is 0 Å². The van der Waals surface area contributed by atoms with Crippen LogP contribution < -0.4 is 5.30 Å². The molecular formula is C11H16NP. The van der Waals surface area contributed by atoms with Gasteiger partial charge >= 0.3 is 0 Å². The van der Waals surface area contributed by atoms with Gasteiger partial charge in [0.05, 0.1) is 0 Å². The van der Waals surface area contributed by atoms with Crippen molar-refractivity contribution in [3.05, 3.63) is 30.3 Å². The van der Waals surface area contributed by atoms with Crippen LogP contribution in [-0.4, -0.2) is 17.8 Å². The van der Waals surface area contributed by atoms with Gasteiger partial charge in [-0.3, -0.25) is 4.67 Å². The standard InChI is InChI=1S/C11H16NP/c1-3-7-11(8-4-1)13-12-9-5-2-6-10-12/h1,3-4,7-8,13H,2,5-6,9-10H2. The molecule has 70 valence electrons. The molecule has 0 amide bonds. The minimum absolute atomic E-state index is 0.887. The molecule has 1 aromatic rings. The molecule has 1 aromatic carbocycles. The monoisotopic (exact) mass is 193 g/mol. The molecule has 2 heteroatoms. The van der Waals surface area contributed by atoms with Crippen molar-refractivity contribution in [2.45, 2.75) is 19.3 Å². The summed E-state index contributed by atoms with van der Waals surface area (Å²) in [6.07, 6.45) is 4.20. The van der Waals surface area contributed by atoms with Crippen molar-refractivity contribution in [1.82, 2.24) is 4.67 Å². The predicted octanol–water partition coefficient (Wildman–Crippen LogP) is 2.39. The van der Waals surface area contributed by atoms with E-state index in [2.05, 4.69) is 35.0 Å². The molecule has 0 spiro atoms. The quantitative estimate of drug-likeness (QED) is 0.652. The van der Waals surface area contributed by atoms with Crippen LogP contribution in [0.1, 0.15) is 19.3 Å². The second-order valence-electron chi connectivity index (χ2n) is 3.53. The summed E-state index contributed by atoms with van der Waals surface area (Å²) in [5, 5.41) is 1.48. The lowest BCUT2D eigenvalue weighted by atomic mass is 10.2. The molecule has 1 saturated heterocycles. The van der Waals surface area contributed by atoms with Crippen LogP contribution >= 0.6 is 8.73 Å². The summed E-state index contributed by atoms with van der Waals surface area (Å²) in [7, 11) is 0.887. The molecule has 1 unspecified atom stereocenters. The maximum Gasteiger partial charge on any atom is 0.00215 e. The lowest BCUT2D eigenvalue weighted by Crippen LogP contribution is -2.23. The molecule has 0 N–H and O–H groups in total. The van der Waals surface area contributed by atoms with E-state index in [0.717, 1.165) is 8.73 Å². The van der Waals surface area contributed by atoms with Gasteiger partial charge in [0.15, 0.2) is 0 Å². The van der Waals surface area contributed by atoms with Crippen molar-refractivity contribution in [2.75, 3.05) is 13.1 Å². The highest BCUT2D eigenvalue weighted by Crippen LogP contribution is 2.22. The van der Waals surface area contributed by atoms with Crippen molar-refractivity contribution in [3.63, 3.8) is 0 Å². The van der Waals surface area contributed by atoms with Crippen LogP contribution in [0.5, 0.6) is 0 Å². The summed E-state index contributed by atoms with van der Waals surface area (Å²) in [6, 6.07) is 10.8. The Morgan fingerprint density at radius 1 is 0.923 bits per heavy atom. The summed E-state index contributed by atoms with van der Waals surface area (Å²) < 4.78 is 2.58. The molecule has 2 rings (SSSR count). The lowest BCUT2D eigenvalue weighted by Gasteiger charge is -2.26. The maximum atomic E-state index is 2.58. The Kier molecular flexibility index (Phi) is 3.34. The highest BCUT2D eigenvalue weighted by atomic mass is 31.1. The molecule has 13 heavy (non-hydrogen) atoms. The van der Waals surface area contributed by atoms with Crippen molar-refractivity contribution in [2.24, 2.45) is 0 Å². The predicted molar refractivity (Wildman–Crippen MR) is 59.8 cm³/mol. The fraction of sp³-hybridized carbons (Fsp3) is 0.455. The fourth-order valence-corrected chi connectivity index (χ4v) is 2.95. The number of benzene rings is 1. The van der Waals surface area contributed by atoms with Gasteiger partial charge in [-0.2, -0.15) is 0 Å². The summed E-state index contributed by atoms with van der Waals surface area (Å²) >= 11 is 0. The topological polar surface area (TPSA) is 3.24 Å². The molecule has 1 aliphatic heterocycles. The minimum Gasteiger partial charge on any atom is -0.281 e. The number of nitrogens with zero attached hydrogens (tertiary/aromatic N) is 1. The van der Waals surface area contributed by atoms with E-state index >= 15 is 0 Å². The van der Waals surface area contributed by atoms with E-state index in [9.17, 15) is 0 Å². The Morgan fingerprint density at radius 3 is 2.31 bits per heavy atom. The average molecular weight is 193 g/mol. The molecule has 1 fully saturated rings. The van der Waals surface area contributed by atoms with Crippen LogP contribution in [0.3, 0.4) is 0 Å². The Morgan fingerprint density at radius 2 is 1.62 bits per heavy atom. The maximum absolute atomic E-state index is 2.58. The molecule has 0 aliphatic carbocycles. The number of rotatable bonds is 2. The van der Waals surface area contributed by atoms with Gasteiger partial charge in [-0.05, 0) is 26.9 Å². The molecular weight excluding hydrogens is 177 g/mol. The molecule has 1 atom stereocenters. The van der Waals surface area contributed by atoms with E-state index in [1.54, 1.807) is 0 Å². The molecule has 0 aromatic heterocycles. The number of hydrogen-bond donors (Lipinski definition) is 0. The largest absolute Gasteiger partial charge is 0.281 e. The highest BCUT2D eigenvalue weighted by Gasteiger charge is 2.09. The summed E-state index contributed by atoms with van der Waals surface area (Å²) in [5.41, 5.74) is 0. The van der Waals surface area contributed by atoms with Gasteiger partial charge in [0.25, 0.3) is 0 Å². The van der Waals surface area contributed by atoms with Crippen LogP contribution in [0.2, 0.25) is 0 Å². The Hall–Kier alpha value is -0.390. The normalized spacial score (nSPS) is 19.7. The third-order valence-corrected chi connectivity index (χ3v) is 3.77. The number of hydrogen-bond acceptors (Lipinski definition) is 1. The van der Waals surface area contributed by atoms with Gasteiger partial charge in [0.2, 0.25) is 0 Å². The van der Waals surface area contributed by atoms with Gasteiger partial charge in [0.1, 0.15) is 0 Å². The third-order valence-electron chi connectivity index (χ3n) is 2.42. The van der Waals surface area contributed by atoms with Crippen molar-refractivity contribution < 1.29 is 0 Å². The molecule has 0 bridgehead atoms. The first-order chi connectivity index (χ1) is 6.45. The van der Waals surface area contributed by atoms with E-state index in [-0.39, 0.29) is 0 Å². The van der Waals surface area contributed by atoms with E-state index in [1.807, 2.05) is 0 Å². The van der Waals surface area contributed by atoms with Crippen LogP contribution in [0.25, 0.3) is 0 Å². The van der Waals surface area contributed by atoms with Crippen molar-refractivity contribution >= 4 is 14.0 Å². The third kappa shape index (κ3) is 2.79. The average Bonchev–Trinajstić information content (AvgIpc) is 2.21. The Balaban J connectivity index is 1.90. The van der Waals surface area contributed by atoms with Crippen LogP contribution in [0.15, 0.2) is 30.3 Å². The van der Waals surface area contributed by atoms with Gasteiger partial charge in [-0.15, -0.1) is 0 Å². The number of piperidine rings is 1. The SMILES string of the molecule is c1ccc(PN2CCCCC2)cc1. The molecule has 1 heterocycles. The van der Waals surface area contributed by atoms with Crippen molar-refractivity contribution in [3.8, 4) is 0 Å². The molecule has 0 radical (unpaired) electrons. The second-order valence-corrected chi connectivity index (χ2v) is 4.96. The lowest BCUT2D eigenvalue weighted by molar-refractivity contribution is 0.377. The molecule has 0 saturated carbocycles.